The fraction of sp³-hybridized carbons (Fsp3) is 0.933. The molecule has 11 heteroatoms. The smallest absolute Gasteiger partial charge is 0.187 e. The number of hydrogen-bond acceptors (Lipinski definition) is 11. The zero-order chi connectivity index (χ0) is 20.2. The number of rotatable bonds is 9. The number of carbonyl (C=O) groups excluding carboxylic acids is 1. The first-order valence-electron chi connectivity index (χ1n) is 8.21. The molecule has 0 aliphatic carbocycles. The number of aliphatic hydroxyl groups is 8. The van der Waals surface area contributed by atoms with E-state index in [0.717, 1.165) is 0 Å². The van der Waals surface area contributed by atoms with Crippen LogP contribution in [-0.2, 0) is 14.3 Å². The van der Waals surface area contributed by atoms with Gasteiger partial charge in [0.15, 0.2) is 12.1 Å². The van der Waals surface area contributed by atoms with Crippen LogP contribution in [0.5, 0.6) is 0 Å². The molecule has 26 heavy (non-hydrogen) atoms. The van der Waals surface area contributed by atoms with Crippen LogP contribution in [0.15, 0.2) is 0 Å². The first-order chi connectivity index (χ1) is 12.1. The molecule has 8 N–H and O–H groups in total. The number of ketones is 1. The van der Waals surface area contributed by atoms with Crippen molar-refractivity contribution in [3.8, 4) is 0 Å². The molecule has 11 nitrogen and oxygen atoms in total. The predicted molar refractivity (Wildman–Crippen MR) is 83.6 cm³/mol. The maximum Gasteiger partial charge on any atom is 0.187 e. The monoisotopic (exact) mass is 384 g/mol. The van der Waals surface area contributed by atoms with Crippen LogP contribution in [0.1, 0.15) is 13.8 Å². The van der Waals surface area contributed by atoms with Gasteiger partial charge in [0.2, 0.25) is 0 Å². The van der Waals surface area contributed by atoms with Crippen molar-refractivity contribution in [1.29, 1.82) is 0 Å². The summed E-state index contributed by atoms with van der Waals surface area (Å²) in [4.78, 5) is 11.9. The summed E-state index contributed by atoms with van der Waals surface area (Å²) in [5.41, 5.74) is 0. The molecule has 1 saturated heterocycles. The van der Waals surface area contributed by atoms with Crippen molar-refractivity contribution in [2.24, 2.45) is 5.92 Å². The topological polar surface area (TPSA) is 197 Å². The van der Waals surface area contributed by atoms with Crippen LogP contribution in [0.4, 0.5) is 0 Å². The molecule has 1 aliphatic rings. The molecule has 1 rings (SSSR count). The number of aliphatic hydroxyl groups excluding tert-OH is 8. The van der Waals surface area contributed by atoms with Gasteiger partial charge in [0, 0.05) is 5.92 Å². The standard InChI is InChI=1S/C15H28O11/c1-5(2)8(19)10(21)12(23)14(6(18)3-16)26-15-13(24)11(22)9(20)7(4-17)25-15/h5-7,9-18,20-24H,3-4H2,1-2H3/t6-,7?,9?,10+,11?,12-,13?,14-,15?/m1/s1. The van der Waals surface area contributed by atoms with Gasteiger partial charge in [0.05, 0.1) is 13.2 Å². The largest absolute Gasteiger partial charge is 0.394 e. The van der Waals surface area contributed by atoms with E-state index in [0.29, 0.717) is 0 Å². The highest BCUT2D eigenvalue weighted by Gasteiger charge is 2.47. The molecular formula is C15H28O11. The van der Waals surface area contributed by atoms with Gasteiger partial charge in [-0.25, -0.2) is 0 Å². The van der Waals surface area contributed by atoms with Crippen LogP contribution in [0.25, 0.3) is 0 Å². The first kappa shape index (κ1) is 23.3. The number of carbonyl (C=O) groups is 1. The molecule has 0 saturated carbocycles. The molecule has 1 aliphatic heterocycles. The zero-order valence-electron chi connectivity index (χ0n) is 14.5. The summed E-state index contributed by atoms with van der Waals surface area (Å²) in [6.45, 7) is 1.32. The van der Waals surface area contributed by atoms with Crippen molar-refractivity contribution in [3.05, 3.63) is 0 Å². The van der Waals surface area contributed by atoms with Gasteiger partial charge in [-0.2, -0.15) is 0 Å². The summed E-state index contributed by atoms with van der Waals surface area (Å²) in [7, 11) is 0. The Morgan fingerprint density at radius 2 is 1.62 bits per heavy atom. The Hall–Kier alpha value is -0.730. The van der Waals surface area contributed by atoms with E-state index in [1.807, 2.05) is 0 Å². The van der Waals surface area contributed by atoms with Gasteiger partial charge in [-0.1, -0.05) is 13.8 Å². The molecule has 154 valence electrons. The molecule has 0 radical (unpaired) electrons. The molecule has 0 aromatic carbocycles. The SMILES string of the molecule is CC(C)C(=O)[C@H](O)[C@@H](O)[C@H](OC1OC(CO)C(O)C(O)C1O)[C@H](O)CO. The average molecular weight is 384 g/mol. The highest BCUT2D eigenvalue weighted by atomic mass is 16.7. The molecule has 0 aromatic heterocycles. The first-order valence-corrected chi connectivity index (χ1v) is 8.21. The summed E-state index contributed by atoms with van der Waals surface area (Å²) in [5.74, 6) is -1.39. The molecule has 1 fully saturated rings. The van der Waals surface area contributed by atoms with E-state index in [2.05, 4.69) is 0 Å². The molecule has 0 bridgehead atoms. The second kappa shape index (κ2) is 9.99. The van der Waals surface area contributed by atoms with Crippen molar-refractivity contribution in [2.45, 2.75) is 69.0 Å². The minimum absolute atomic E-state index is 0.640. The minimum Gasteiger partial charge on any atom is -0.394 e. The summed E-state index contributed by atoms with van der Waals surface area (Å²) >= 11 is 0. The molecule has 9 atom stereocenters. The second-order valence-electron chi connectivity index (χ2n) is 6.54. The van der Waals surface area contributed by atoms with Crippen LogP contribution < -0.4 is 0 Å². The van der Waals surface area contributed by atoms with Crippen LogP contribution in [0.3, 0.4) is 0 Å². The third-order valence-corrected chi connectivity index (χ3v) is 4.23. The Labute approximate surface area is 150 Å². The van der Waals surface area contributed by atoms with Gasteiger partial charge in [-0.15, -0.1) is 0 Å². The van der Waals surface area contributed by atoms with Gasteiger partial charge in [-0.3, -0.25) is 4.79 Å². The highest BCUT2D eigenvalue weighted by Crippen LogP contribution is 2.25. The van der Waals surface area contributed by atoms with Gasteiger partial charge >= 0.3 is 0 Å². The fourth-order valence-corrected chi connectivity index (χ4v) is 2.53. The summed E-state index contributed by atoms with van der Waals surface area (Å²) in [6.07, 6.45) is -15.8. The third kappa shape index (κ3) is 5.16. The fourth-order valence-electron chi connectivity index (χ4n) is 2.53. The van der Waals surface area contributed by atoms with Crippen molar-refractivity contribution in [3.63, 3.8) is 0 Å². The number of Topliss-reactive ketones (excluding diaryl/α,β-unsaturated/α-hetero) is 1. The minimum atomic E-state index is -1.99. The molecule has 5 unspecified atom stereocenters. The van der Waals surface area contributed by atoms with Crippen LogP contribution in [0.2, 0.25) is 0 Å². The second-order valence-corrected chi connectivity index (χ2v) is 6.54. The van der Waals surface area contributed by atoms with Crippen molar-refractivity contribution in [1.82, 2.24) is 0 Å². The van der Waals surface area contributed by atoms with E-state index in [4.69, 9.17) is 19.7 Å². The van der Waals surface area contributed by atoms with Crippen LogP contribution in [-0.4, -0.2) is 115 Å². The van der Waals surface area contributed by atoms with E-state index in [9.17, 15) is 35.4 Å². The number of ether oxygens (including phenoxy) is 2. The summed E-state index contributed by atoms with van der Waals surface area (Å²) in [6, 6.07) is 0. The summed E-state index contributed by atoms with van der Waals surface area (Å²) in [5, 5.41) is 77.7. The molecule has 0 spiro atoms. The van der Waals surface area contributed by atoms with Crippen molar-refractivity contribution >= 4 is 5.78 Å². The maximum absolute atomic E-state index is 11.9. The Bertz CT molecular complexity index is 443. The predicted octanol–water partition coefficient (Wildman–Crippen LogP) is -4.53. The van der Waals surface area contributed by atoms with Crippen LogP contribution >= 0.6 is 0 Å². The van der Waals surface area contributed by atoms with Gasteiger partial charge < -0.3 is 50.3 Å². The van der Waals surface area contributed by atoms with Crippen molar-refractivity contribution < 1.29 is 55.1 Å². The molecule has 0 amide bonds. The van der Waals surface area contributed by atoms with E-state index in [1.54, 1.807) is 0 Å². The molecule has 1 heterocycles. The average Bonchev–Trinajstić information content (AvgIpc) is 2.63. The Balaban J connectivity index is 2.98. The number of hydrogen-bond donors (Lipinski definition) is 8. The lowest BCUT2D eigenvalue weighted by atomic mass is 9.94. The lowest BCUT2D eigenvalue weighted by molar-refractivity contribution is -0.326. The molecular weight excluding hydrogens is 356 g/mol. The lowest BCUT2D eigenvalue weighted by Crippen LogP contribution is -2.61. The lowest BCUT2D eigenvalue weighted by Gasteiger charge is -2.42. The molecule has 0 aromatic rings. The third-order valence-electron chi connectivity index (χ3n) is 4.23. The van der Waals surface area contributed by atoms with E-state index in [1.165, 1.54) is 13.8 Å². The Morgan fingerprint density at radius 3 is 2.08 bits per heavy atom. The Morgan fingerprint density at radius 1 is 1.04 bits per heavy atom. The van der Waals surface area contributed by atoms with E-state index in [-0.39, 0.29) is 0 Å². The highest BCUT2D eigenvalue weighted by molar-refractivity contribution is 5.85. The van der Waals surface area contributed by atoms with Gasteiger partial charge in [0.25, 0.3) is 0 Å². The maximum atomic E-state index is 11.9. The van der Waals surface area contributed by atoms with Crippen LogP contribution in [0, 0.1) is 5.92 Å². The van der Waals surface area contributed by atoms with Gasteiger partial charge in [0.1, 0.15) is 48.8 Å². The van der Waals surface area contributed by atoms with Gasteiger partial charge in [-0.05, 0) is 0 Å². The van der Waals surface area contributed by atoms with E-state index >= 15 is 0 Å². The quantitative estimate of drug-likeness (QED) is 0.190. The summed E-state index contributed by atoms with van der Waals surface area (Å²) < 4.78 is 10.3. The Kier molecular flexibility index (Phi) is 8.96. The van der Waals surface area contributed by atoms with Crippen molar-refractivity contribution in [2.75, 3.05) is 13.2 Å². The normalized spacial score (nSPS) is 34.3. The van der Waals surface area contributed by atoms with E-state index < -0.39 is 80.0 Å². The zero-order valence-corrected chi connectivity index (χ0v) is 14.5.